The van der Waals surface area contributed by atoms with Crippen molar-refractivity contribution < 1.29 is 19.0 Å². The third-order valence-electron chi connectivity index (χ3n) is 2.80. The molecule has 4 heteroatoms. The van der Waals surface area contributed by atoms with Crippen molar-refractivity contribution in [1.82, 2.24) is 0 Å². The van der Waals surface area contributed by atoms with E-state index in [4.69, 9.17) is 14.2 Å². The van der Waals surface area contributed by atoms with Crippen molar-refractivity contribution in [3.8, 4) is 11.5 Å². The van der Waals surface area contributed by atoms with Crippen LogP contribution in [0.1, 0.15) is 23.2 Å². The molecule has 0 bridgehead atoms. The van der Waals surface area contributed by atoms with Crippen LogP contribution in [-0.2, 0) is 4.74 Å². The topological polar surface area (TPSA) is 44.8 Å². The molecule has 1 saturated heterocycles. The Morgan fingerprint density at radius 3 is 3.06 bits per heavy atom. The first-order valence-electron chi connectivity index (χ1n) is 5.71. The molecule has 0 N–H and O–H groups in total. The summed E-state index contributed by atoms with van der Waals surface area (Å²) in [7, 11) is 1.58. The summed E-state index contributed by atoms with van der Waals surface area (Å²) in [6.07, 6.45) is 3.01. The molecule has 2 rings (SSSR count). The lowest BCUT2D eigenvalue weighted by Crippen LogP contribution is -2.16. The fourth-order valence-corrected chi connectivity index (χ4v) is 1.82. The van der Waals surface area contributed by atoms with Gasteiger partial charge in [-0.1, -0.05) is 0 Å². The summed E-state index contributed by atoms with van der Waals surface area (Å²) in [5.74, 6) is 1.23. The zero-order valence-electron chi connectivity index (χ0n) is 9.85. The van der Waals surface area contributed by atoms with Gasteiger partial charge in [0.15, 0.2) is 6.29 Å². The molecular formula is C13H16O4. The van der Waals surface area contributed by atoms with Crippen LogP contribution < -0.4 is 9.47 Å². The SMILES string of the molecule is COc1ccc(C=O)c(OCC2CCCO2)c1. The molecule has 0 spiro atoms. The molecular weight excluding hydrogens is 220 g/mol. The average Bonchev–Trinajstić information content (AvgIpc) is 2.89. The molecule has 1 heterocycles. The van der Waals surface area contributed by atoms with Gasteiger partial charge in [0.1, 0.15) is 18.1 Å². The van der Waals surface area contributed by atoms with E-state index >= 15 is 0 Å². The molecule has 4 nitrogen and oxygen atoms in total. The Balaban J connectivity index is 2.03. The Morgan fingerprint density at radius 1 is 1.53 bits per heavy atom. The maximum absolute atomic E-state index is 10.9. The zero-order valence-corrected chi connectivity index (χ0v) is 9.85. The van der Waals surface area contributed by atoms with Crippen LogP contribution >= 0.6 is 0 Å². The van der Waals surface area contributed by atoms with Crippen LogP contribution in [0.15, 0.2) is 18.2 Å². The smallest absolute Gasteiger partial charge is 0.153 e. The highest BCUT2D eigenvalue weighted by Crippen LogP contribution is 2.24. The van der Waals surface area contributed by atoms with E-state index in [-0.39, 0.29) is 6.10 Å². The summed E-state index contributed by atoms with van der Waals surface area (Å²) in [5.41, 5.74) is 0.531. The Morgan fingerprint density at radius 2 is 2.41 bits per heavy atom. The number of aldehydes is 1. The zero-order chi connectivity index (χ0) is 12.1. The number of carbonyl (C=O) groups excluding carboxylic acids is 1. The lowest BCUT2D eigenvalue weighted by atomic mass is 10.2. The summed E-state index contributed by atoms with van der Waals surface area (Å²) < 4.78 is 16.2. The second-order valence-electron chi connectivity index (χ2n) is 3.97. The Labute approximate surface area is 100 Å². The van der Waals surface area contributed by atoms with Crippen molar-refractivity contribution in [2.24, 2.45) is 0 Å². The van der Waals surface area contributed by atoms with Gasteiger partial charge >= 0.3 is 0 Å². The Bertz CT molecular complexity index is 383. The fraction of sp³-hybridized carbons (Fsp3) is 0.462. The molecule has 1 atom stereocenters. The first-order chi connectivity index (χ1) is 8.33. The summed E-state index contributed by atoms with van der Waals surface area (Å²) in [5, 5.41) is 0. The van der Waals surface area contributed by atoms with Crippen molar-refractivity contribution in [2.45, 2.75) is 18.9 Å². The summed E-state index contributed by atoms with van der Waals surface area (Å²) in [4.78, 5) is 10.9. The largest absolute Gasteiger partial charge is 0.497 e. The van der Waals surface area contributed by atoms with Gasteiger partial charge < -0.3 is 14.2 Å². The first kappa shape index (κ1) is 11.9. The van der Waals surface area contributed by atoms with Crippen LogP contribution in [0.2, 0.25) is 0 Å². The van der Waals surface area contributed by atoms with Crippen molar-refractivity contribution in [2.75, 3.05) is 20.3 Å². The van der Waals surface area contributed by atoms with E-state index in [0.29, 0.717) is 23.7 Å². The van der Waals surface area contributed by atoms with Crippen molar-refractivity contribution in [3.63, 3.8) is 0 Å². The molecule has 1 aliphatic rings. The molecule has 1 aromatic rings. The molecule has 0 radical (unpaired) electrons. The molecule has 1 unspecified atom stereocenters. The Kier molecular flexibility index (Phi) is 3.98. The third-order valence-corrected chi connectivity index (χ3v) is 2.80. The van der Waals surface area contributed by atoms with Crippen LogP contribution in [0, 0.1) is 0 Å². The van der Waals surface area contributed by atoms with Crippen molar-refractivity contribution >= 4 is 6.29 Å². The second kappa shape index (κ2) is 5.68. The van der Waals surface area contributed by atoms with Gasteiger partial charge in [0, 0.05) is 12.7 Å². The number of ether oxygens (including phenoxy) is 3. The number of benzene rings is 1. The minimum Gasteiger partial charge on any atom is -0.497 e. The number of hydrogen-bond donors (Lipinski definition) is 0. The fourth-order valence-electron chi connectivity index (χ4n) is 1.82. The first-order valence-corrected chi connectivity index (χ1v) is 5.71. The highest BCUT2D eigenvalue weighted by atomic mass is 16.5. The van der Waals surface area contributed by atoms with Gasteiger partial charge in [-0.25, -0.2) is 0 Å². The van der Waals surface area contributed by atoms with Crippen LogP contribution in [0.25, 0.3) is 0 Å². The molecule has 1 aliphatic heterocycles. The van der Waals surface area contributed by atoms with E-state index in [2.05, 4.69) is 0 Å². The van der Waals surface area contributed by atoms with E-state index in [1.54, 1.807) is 25.3 Å². The molecule has 0 aliphatic carbocycles. The molecule has 0 amide bonds. The Hall–Kier alpha value is -1.55. The van der Waals surface area contributed by atoms with Gasteiger partial charge in [-0.05, 0) is 25.0 Å². The summed E-state index contributed by atoms with van der Waals surface area (Å²) in [6, 6.07) is 5.15. The molecule has 17 heavy (non-hydrogen) atoms. The second-order valence-corrected chi connectivity index (χ2v) is 3.97. The molecule has 92 valence electrons. The van der Waals surface area contributed by atoms with Crippen LogP contribution in [-0.4, -0.2) is 32.7 Å². The normalized spacial score (nSPS) is 19.0. The van der Waals surface area contributed by atoms with Gasteiger partial charge in [0.25, 0.3) is 0 Å². The number of methoxy groups -OCH3 is 1. The maximum Gasteiger partial charge on any atom is 0.153 e. The molecule has 1 fully saturated rings. The molecule has 0 saturated carbocycles. The van der Waals surface area contributed by atoms with Crippen LogP contribution in [0.5, 0.6) is 11.5 Å². The predicted octanol–water partition coefficient (Wildman–Crippen LogP) is 2.07. The number of rotatable bonds is 5. The van der Waals surface area contributed by atoms with Gasteiger partial charge in [-0.2, -0.15) is 0 Å². The highest BCUT2D eigenvalue weighted by Gasteiger charge is 2.16. The number of hydrogen-bond acceptors (Lipinski definition) is 4. The summed E-state index contributed by atoms with van der Waals surface area (Å²) >= 11 is 0. The van der Waals surface area contributed by atoms with Gasteiger partial charge in [0.2, 0.25) is 0 Å². The molecule has 1 aromatic carbocycles. The average molecular weight is 236 g/mol. The quantitative estimate of drug-likeness (QED) is 0.734. The van der Waals surface area contributed by atoms with Gasteiger partial charge in [0.05, 0.1) is 18.8 Å². The minimum atomic E-state index is 0.140. The van der Waals surface area contributed by atoms with Gasteiger partial charge in [-0.3, -0.25) is 4.79 Å². The van der Waals surface area contributed by atoms with E-state index in [1.807, 2.05) is 0 Å². The molecule has 0 aromatic heterocycles. The summed E-state index contributed by atoms with van der Waals surface area (Å²) in [6.45, 7) is 1.28. The van der Waals surface area contributed by atoms with Crippen LogP contribution in [0.4, 0.5) is 0 Å². The van der Waals surface area contributed by atoms with Crippen molar-refractivity contribution in [1.29, 1.82) is 0 Å². The lowest BCUT2D eigenvalue weighted by Gasteiger charge is -2.13. The van der Waals surface area contributed by atoms with E-state index in [1.165, 1.54) is 0 Å². The van der Waals surface area contributed by atoms with Crippen molar-refractivity contribution in [3.05, 3.63) is 23.8 Å². The van der Waals surface area contributed by atoms with E-state index < -0.39 is 0 Å². The van der Waals surface area contributed by atoms with E-state index in [9.17, 15) is 4.79 Å². The number of carbonyl (C=O) groups is 1. The van der Waals surface area contributed by atoms with Crippen LogP contribution in [0.3, 0.4) is 0 Å². The predicted molar refractivity (Wildman–Crippen MR) is 62.9 cm³/mol. The minimum absolute atomic E-state index is 0.140. The third kappa shape index (κ3) is 2.97. The van der Waals surface area contributed by atoms with E-state index in [0.717, 1.165) is 25.7 Å². The monoisotopic (exact) mass is 236 g/mol. The standard InChI is InChI=1S/C13H16O4/c1-15-11-5-4-10(8-14)13(7-11)17-9-12-3-2-6-16-12/h4-5,7-8,12H,2-3,6,9H2,1H3. The highest BCUT2D eigenvalue weighted by molar-refractivity contribution is 5.79. The van der Waals surface area contributed by atoms with Gasteiger partial charge in [-0.15, -0.1) is 0 Å². The maximum atomic E-state index is 10.9. The lowest BCUT2D eigenvalue weighted by molar-refractivity contribution is 0.0674.